The number of benzene rings is 2. The lowest BCUT2D eigenvalue weighted by atomic mass is 10.0. The molecular weight excluding hydrogens is 370 g/mol. The van der Waals surface area contributed by atoms with E-state index < -0.39 is 0 Å². The number of carbonyl (C=O) groups is 1. The van der Waals surface area contributed by atoms with Gasteiger partial charge < -0.3 is 0 Å². The Labute approximate surface area is 168 Å². The molecule has 0 saturated carbocycles. The van der Waals surface area contributed by atoms with Gasteiger partial charge in [0.1, 0.15) is 0 Å². The van der Waals surface area contributed by atoms with Gasteiger partial charge in [-0.1, -0.05) is 48.9 Å². The minimum absolute atomic E-state index is 0.101. The number of rotatable bonds is 4. The zero-order chi connectivity index (χ0) is 19.7. The van der Waals surface area contributed by atoms with Crippen LogP contribution < -0.4 is 5.01 Å². The zero-order valence-corrected chi connectivity index (χ0v) is 16.7. The Hall–Kier alpha value is -3.06. The molecule has 2 aromatic carbocycles. The van der Waals surface area contributed by atoms with Gasteiger partial charge in [0.25, 0.3) is 11.9 Å². The summed E-state index contributed by atoms with van der Waals surface area (Å²) in [7, 11) is 0. The molecule has 6 nitrogen and oxygen atoms in total. The van der Waals surface area contributed by atoms with Gasteiger partial charge in [-0.25, -0.2) is 5.10 Å². The molecule has 0 unspecified atom stereocenters. The summed E-state index contributed by atoms with van der Waals surface area (Å²) in [6.07, 6.45) is 1.97. The Morgan fingerprint density at radius 2 is 1.79 bits per heavy atom. The molecular formula is C21H21N5OS. The van der Waals surface area contributed by atoms with Crippen molar-refractivity contribution in [2.45, 2.75) is 33.1 Å². The van der Waals surface area contributed by atoms with Crippen LogP contribution in [-0.2, 0) is 11.2 Å². The van der Waals surface area contributed by atoms with Gasteiger partial charge in [-0.15, -0.1) is 5.10 Å². The van der Waals surface area contributed by atoms with Crippen molar-refractivity contribution in [2.75, 3.05) is 5.01 Å². The molecule has 0 fully saturated rings. The predicted octanol–water partition coefficient (Wildman–Crippen LogP) is 4.33. The van der Waals surface area contributed by atoms with E-state index >= 15 is 0 Å². The largest absolute Gasteiger partial charge is 0.272 e. The van der Waals surface area contributed by atoms with Gasteiger partial charge in [0, 0.05) is 12.8 Å². The average Bonchev–Trinajstić information content (AvgIpc) is 3.10. The predicted molar refractivity (Wildman–Crippen MR) is 113 cm³/mol. The van der Waals surface area contributed by atoms with Crippen LogP contribution in [0.15, 0.2) is 53.6 Å². The highest BCUT2D eigenvalue weighted by atomic mass is 32.1. The molecule has 0 saturated heterocycles. The number of anilines is 1. The molecule has 2 heterocycles. The lowest BCUT2D eigenvalue weighted by Crippen LogP contribution is -2.33. The maximum atomic E-state index is 12.6. The molecule has 1 aliphatic heterocycles. The highest BCUT2D eigenvalue weighted by Crippen LogP contribution is 2.24. The second-order valence-corrected chi connectivity index (χ2v) is 7.19. The molecule has 0 spiro atoms. The first kappa shape index (κ1) is 18.3. The minimum atomic E-state index is -0.101. The number of carbonyl (C=O) groups excluding carboxylic acids is 1. The number of hydrogen-bond acceptors (Lipinski definition) is 4. The molecule has 1 aliphatic rings. The maximum absolute atomic E-state index is 12.6. The molecule has 0 bridgehead atoms. The molecule has 0 aliphatic carbocycles. The van der Waals surface area contributed by atoms with Crippen LogP contribution in [0.2, 0.25) is 0 Å². The van der Waals surface area contributed by atoms with E-state index in [0.717, 1.165) is 28.9 Å². The van der Waals surface area contributed by atoms with Crippen molar-refractivity contribution in [3.8, 4) is 5.69 Å². The van der Waals surface area contributed by atoms with Crippen LogP contribution in [-0.4, -0.2) is 26.4 Å². The van der Waals surface area contributed by atoms with Crippen molar-refractivity contribution in [1.82, 2.24) is 14.8 Å². The summed E-state index contributed by atoms with van der Waals surface area (Å²) >= 11 is 5.40. The summed E-state index contributed by atoms with van der Waals surface area (Å²) in [6, 6.07) is 16.2. The van der Waals surface area contributed by atoms with Crippen molar-refractivity contribution >= 4 is 29.8 Å². The Morgan fingerprint density at radius 3 is 2.46 bits per heavy atom. The summed E-state index contributed by atoms with van der Waals surface area (Å²) < 4.78 is 2.15. The Morgan fingerprint density at radius 1 is 1.07 bits per heavy atom. The number of hydrazone groups is 1. The second kappa shape index (κ2) is 7.52. The summed E-state index contributed by atoms with van der Waals surface area (Å²) in [5.74, 6) is 0.275. The van der Waals surface area contributed by atoms with Crippen LogP contribution in [0.25, 0.3) is 5.69 Å². The molecule has 142 valence electrons. The van der Waals surface area contributed by atoms with Crippen LogP contribution >= 0.6 is 12.2 Å². The molecule has 1 N–H and O–H groups in total. The van der Waals surface area contributed by atoms with Crippen molar-refractivity contribution < 1.29 is 4.79 Å². The third-order valence-corrected chi connectivity index (χ3v) is 5.14. The summed E-state index contributed by atoms with van der Waals surface area (Å²) in [6.45, 7) is 4.15. The Balaban J connectivity index is 1.76. The summed E-state index contributed by atoms with van der Waals surface area (Å²) in [4.78, 5) is 12.6. The highest BCUT2D eigenvalue weighted by molar-refractivity contribution is 7.71. The molecule has 7 heteroatoms. The van der Waals surface area contributed by atoms with E-state index in [-0.39, 0.29) is 5.91 Å². The first-order valence-corrected chi connectivity index (χ1v) is 9.72. The third-order valence-electron chi connectivity index (χ3n) is 4.86. The number of aromatic amines is 1. The van der Waals surface area contributed by atoms with E-state index in [9.17, 15) is 4.79 Å². The van der Waals surface area contributed by atoms with Crippen LogP contribution in [0.4, 0.5) is 5.95 Å². The van der Waals surface area contributed by atoms with Gasteiger partial charge >= 0.3 is 0 Å². The van der Waals surface area contributed by atoms with Crippen LogP contribution in [0.1, 0.15) is 36.5 Å². The van der Waals surface area contributed by atoms with Gasteiger partial charge in [-0.05, 0) is 48.8 Å². The second-order valence-electron chi connectivity index (χ2n) is 6.80. The number of H-pyrrole nitrogens is 1. The molecule has 1 amide bonds. The fraction of sp³-hybridized carbons (Fsp3) is 0.238. The van der Waals surface area contributed by atoms with Crippen molar-refractivity contribution in [1.29, 1.82) is 0 Å². The Kier molecular flexibility index (Phi) is 4.92. The third kappa shape index (κ3) is 3.41. The average molecular weight is 392 g/mol. The number of hydrogen-bond donors (Lipinski definition) is 1. The fourth-order valence-electron chi connectivity index (χ4n) is 3.21. The summed E-state index contributed by atoms with van der Waals surface area (Å²) in [5.41, 5.74) is 5.14. The van der Waals surface area contributed by atoms with Gasteiger partial charge in [-0.2, -0.15) is 10.1 Å². The molecule has 1 aromatic heterocycles. The van der Waals surface area contributed by atoms with E-state index in [0.29, 0.717) is 23.6 Å². The SMILES string of the molecule is CCc1ccc(C2=NN(c3n[nH]c(=S)n3-c3ccc(C)cc3)C(=O)CC2)cc1. The summed E-state index contributed by atoms with van der Waals surface area (Å²) in [5, 5.41) is 13.1. The first-order valence-electron chi connectivity index (χ1n) is 9.31. The quantitative estimate of drug-likeness (QED) is 0.673. The van der Waals surface area contributed by atoms with Crippen LogP contribution in [0, 0.1) is 11.7 Å². The number of nitrogens with one attached hydrogen (secondary N) is 1. The maximum Gasteiger partial charge on any atom is 0.258 e. The van der Waals surface area contributed by atoms with Crippen LogP contribution in [0.5, 0.6) is 0 Å². The highest BCUT2D eigenvalue weighted by Gasteiger charge is 2.27. The first-order chi connectivity index (χ1) is 13.6. The number of aromatic nitrogens is 3. The van der Waals surface area contributed by atoms with E-state index in [1.54, 1.807) is 4.57 Å². The van der Waals surface area contributed by atoms with E-state index in [1.165, 1.54) is 10.6 Å². The van der Waals surface area contributed by atoms with Crippen molar-refractivity contribution in [2.24, 2.45) is 5.10 Å². The van der Waals surface area contributed by atoms with E-state index in [1.807, 2.05) is 31.2 Å². The molecule has 0 atom stereocenters. The monoisotopic (exact) mass is 391 g/mol. The number of amides is 1. The van der Waals surface area contributed by atoms with Gasteiger partial charge in [0.05, 0.1) is 11.4 Å². The van der Waals surface area contributed by atoms with Gasteiger partial charge in [0.2, 0.25) is 4.77 Å². The number of aryl methyl sites for hydroxylation is 2. The smallest absolute Gasteiger partial charge is 0.258 e. The molecule has 28 heavy (non-hydrogen) atoms. The van der Waals surface area contributed by atoms with E-state index in [4.69, 9.17) is 12.2 Å². The van der Waals surface area contributed by atoms with Gasteiger partial charge in [-0.3, -0.25) is 9.36 Å². The zero-order valence-electron chi connectivity index (χ0n) is 15.8. The Bertz CT molecular complexity index is 1090. The molecule has 0 radical (unpaired) electrons. The lowest BCUT2D eigenvalue weighted by Gasteiger charge is -2.23. The minimum Gasteiger partial charge on any atom is -0.272 e. The molecule has 3 aromatic rings. The number of nitrogens with zero attached hydrogens (tertiary/aromatic N) is 4. The fourth-order valence-corrected chi connectivity index (χ4v) is 3.44. The van der Waals surface area contributed by atoms with E-state index in [2.05, 4.69) is 46.5 Å². The normalized spacial score (nSPS) is 14.3. The van der Waals surface area contributed by atoms with Crippen molar-refractivity contribution in [3.63, 3.8) is 0 Å². The lowest BCUT2D eigenvalue weighted by molar-refractivity contribution is -0.118. The van der Waals surface area contributed by atoms with Crippen molar-refractivity contribution in [3.05, 3.63) is 70.0 Å². The van der Waals surface area contributed by atoms with Gasteiger partial charge in [0.15, 0.2) is 0 Å². The topological polar surface area (TPSA) is 66.3 Å². The standard InChI is InChI=1S/C21H21N5OS/c1-3-15-6-8-16(9-7-15)18-12-13-19(27)26(24-18)20-22-23-21(28)25(20)17-10-4-14(2)5-11-17/h4-11H,3,12-13H2,1-2H3,(H,23,28). The molecule has 4 rings (SSSR count). The van der Waals surface area contributed by atoms with Crippen LogP contribution in [0.3, 0.4) is 0 Å².